The van der Waals surface area contributed by atoms with Crippen molar-refractivity contribution in [2.75, 3.05) is 0 Å². The van der Waals surface area contributed by atoms with Gasteiger partial charge >= 0.3 is 27.1 Å². The second kappa shape index (κ2) is 10.3. The summed E-state index contributed by atoms with van der Waals surface area (Å²) in [7, 11) is -2.53. The van der Waals surface area contributed by atoms with Crippen LogP contribution in [0.5, 0.6) is 5.75 Å². The fraction of sp³-hybridized carbons (Fsp3) is 0.188. The zero-order valence-corrected chi connectivity index (χ0v) is 14.1. The number of para-hydroxylation sites is 1. The Morgan fingerprint density at radius 1 is 1.05 bits per heavy atom. The molecule has 4 nitrogen and oxygen atoms in total. The SMILES string of the molecule is Cc1cc(C)c([C-]=O)c(C)c1.O=[P+](O)Oc1ccccc1.[Li+]. The average Bonchev–Trinajstić information content (AvgIpc) is 2.39. The molecule has 0 saturated carbocycles. The molecule has 1 unspecified atom stereocenters. The molecular weight excluding hydrogens is 294 g/mol. The van der Waals surface area contributed by atoms with Gasteiger partial charge in [-0.1, -0.05) is 37.6 Å². The summed E-state index contributed by atoms with van der Waals surface area (Å²) in [4.78, 5) is 18.7. The fourth-order valence-corrected chi connectivity index (χ4v) is 2.21. The Morgan fingerprint density at radius 2 is 1.55 bits per heavy atom. The van der Waals surface area contributed by atoms with Crippen LogP contribution in [0.4, 0.5) is 0 Å². The third-order valence-electron chi connectivity index (χ3n) is 2.71. The van der Waals surface area contributed by atoms with Gasteiger partial charge in [-0.25, -0.2) is 4.52 Å². The van der Waals surface area contributed by atoms with Crippen LogP contribution in [0.3, 0.4) is 0 Å². The van der Waals surface area contributed by atoms with Gasteiger partial charge in [-0.2, -0.15) is 0 Å². The Kier molecular flexibility index (Phi) is 9.65. The molecule has 2 aromatic rings. The first kappa shape index (κ1) is 20.6. The average molecular weight is 311 g/mol. The first-order chi connectivity index (χ1) is 9.93. The van der Waals surface area contributed by atoms with Crippen molar-refractivity contribution < 1.29 is 37.6 Å². The molecule has 1 atom stereocenters. The van der Waals surface area contributed by atoms with E-state index in [0.717, 1.165) is 11.1 Å². The van der Waals surface area contributed by atoms with Gasteiger partial charge in [0.15, 0.2) is 5.75 Å². The summed E-state index contributed by atoms with van der Waals surface area (Å²) in [5.41, 5.74) is 3.92. The number of aryl methyl sites for hydroxylation is 3. The third kappa shape index (κ3) is 7.02. The van der Waals surface area contributed by atoms with Crippen LogP contribution in [-0.4, -0.2) is 11.2 Å². The summed E-state index contributed by atoms with van der Waals surface area (Å²) in [5.74, 6) is 0.408. The van der Waals surface area contributed by atoms with Gasteiger partial charge in [0, 0.05) is 4.57 Å². The summed E-state index contributed by atoms with van der Waals surface area (Å²) in [6.45, 7) is 5.88. The predicted octanol–water partition coefficient (Wildman–Crippen LogP) is 0.789. The molecule has 0 bridgehead atoms. The van der Waals surface area contributed by atoms with E-state index in [-0.39, 0.29) is 18.9 Å². The van der Waals surface area contributed by atoms with Gasteiger partial charge in [-0.3, -0.25) is 0 Å². The normalized spacial score (nSPS) is 9.73. The van der Waals surface area contributed by atoms with Crippen LogP contribution in [0.25, 0.3) is 0 Å². The van der Waals surface area contributed by atoms with Gasteiger partial charge in [-0.05, 0) is 19.1 Å². The van der Waals surface area contributed by atoms with Crippen LogP contribution < -0.4 is 23.4 Å². The molecule has 0 aliphatic heterocycles. The van der Waals surface area contributed by atoms with Crippen LogP contribution in [0.2, 0.25) is 0 Å². The Bertz CT molecular complexity index is 606. The Balaban J connectivity index is 0.000000385. The van der Waals surface area contributed by atoms with Crippen molar-refractivity contribution in [3.63, 3.8) is 0 Å². The Morgan fingerprint density at radius 3 is 1.95 bits per heavy atom. The quantitative estimate of drug-likeness (QED) is 0.517. The summed E-state index contributed by atoms with van der Waals surface area (Å²) in [6, 6.07) is 12.5. The zero-order chi connectivity index (χ0) is 15.8. The van der Waals surface area contributed by atoms with Crippen molar-refractivity contribution in [1.29, 1.82) is 0 Å². The van der Waals surface area contributed by atoms with E-state index in [4.69, 9.17) is 4.89 Å². The monoisotopic (exact) mass is 311 g/mol. The predicted molar refractivity (Wildman–Crippen MR) is 82.3 cm³/mol. The van der Waals surface area contributed by atoms with E-state index < -0.39 is 8.25 Å². The molecule has 0 fully saturated rings. The molecular formula is C16H17LiO4P+. The van der Waals surface area contributed by atoms with Crippen LogP contribution >= 0.6 is 8.25 Å². The van der Waals surface area contributed by atoms with Crippen molar-refractivity contribution in [1.82, 2.24) is 0 Å². The van der Waals surface area contributed by atoms with Gasteiger partial charge in [0.2, 0.25) is 0 Å². The minimum Gasteiger partial charge on any atom is -0.376 e. The summed E-state index contributed by atoms with van der Waals surface area (Å²) in [6.07, 6.45) is 1.94. The molecule has 2 rings (SSSR count). The van der Waals surface area contributed by atoms with Crippen LogP contribution in [0.1, 0.15) is 22.3 Å². The van der Waals surface area contributed by atoms with E-state index in [1.807, 2.05) is 39.2 Å². The van der Waals surface area contributed by atoms with E-state index in [1.165, 1.54) is 5.56 Å². The van der Waals surface area contributed by atoms with Crippen molar-refractivity contribution in [3.8, 4) is 5.75 Å². The van der Waals surface area contributed by atoms with Gasteiger partial charge in [0.1, 0.15) is 0 Å². The molecule has 0 aliphatic carbocycles. The smallest absolute Gasteiger partial charge is 0.376 e. The van der Waals surface area contributed by atoms with E-state index in [9.17, 15) is 9.36 Å². The number of carbonyl (C=O) groups excluding carboxylic acids is 1. The Hall–Kier alpha value is -1.43. The maximum Gasteiger partial charge on any atom is 1.00 e. The molecule has 0 aromatic heterocycles. The van der Waals surface area contributed by atoms with Crippen LogP contribution in [-0.2, 0) is 9.36 Å². The maximum atomic E-state index is 10.4. The largest absolute Gasteiger partial charge is 1.00 e. The number of rotatable bonds is 3. The van der Waals surface area contributed by atoms with E-state index in [0.29, 0.717) is 11.3 Å². The molecule has 0 aliphatic rings. The minimum absolute atomic E-state index is 0. The van der Waals surface area contributed by atoms with Crippen molar-refractivity contribution in [2.24, 2.45) is 0 Å². The Labute approximate surface area is 143 Å². The topological polar surface area (TPSA) is 63.6 Å². The second-order valence-corrected chi connectivity index (χ2v) is 5.18. The molecule has 6 heteroatoms. The molecule has 0 spiro atoms. The molecule has 0 heterocycles. The number of hydrogen-bond donors (Lipinski definition) is 1. The molecule has 2 aromatic carbocycles. The first-order valence-electron chi connectivity index (χ1n) is 6.29. The molecule has 22 heavy (non-hydrogen) atoms. The van der Waals surface area contributed by atoms with Crippen molar-refractivity contribution in [3.05, 3.63) is 64.7 Å². The van der Waals surface area contributed by atoms with Crippen molar-refractivity contribution >= 4 is 14.5 Å². The molecule has 0 radical (unpaired) electrons. The van der Waals surface area contributed by atoms with Gasteiger partial charge in [-0.15, -0.1) is 33.7 Å². The zero-order valence-electron chi connectivity index (χ0n) is 13.2. The molecule has 1 N–H and O–H groups in total. The van der Waals surface area contributed by atoms with Crippen LogP contribution in [0.15, 0.2) is 42.5 Å². The number of benzene rings is 2. The summed E-state index contributed by atoms with van der Waals surface area (Å²) in [5, 5.41) is 0. The minimum atomic E-state index is -2.53. The molecule has 0 amide bonds. The molecule has 110 valence electrons. The van der Waals surface area contributed by atoms with E-state index in [2.05, 4.69) is 4.52 Å². The van der Waals surface area contributed by atoms with Crippen molar-refractivity contribution in [2.45, 2.75) is 20.8 Å². The van der Waals surface area contributed by atoms with E-state index in [1.54, 1.807) is 30.3 Å². The van der Waals surface area contributed by atoms with Gasteiger partial charge < -0.3 is 4.79 Å². The maximum absolute atomic E-state index is 10.4. The van der Waals surface area contributed by atoms with Gasteiger partial charge in [0.25, 0.3) is 0 Å². The second-order valence-electron chi connectivity index (χ2n) is 4.52. The fourth-order valence-electron chi connectivity index (χ4n) is 1.91. The molecule has 0 saturated heterocycles. The summed E-state index contributed by atoms with van der Waals surface area (Å²) < 4.78 is 14.6. The van der Waals surface area contributed by atoms with E-state index >= 15 is 0 Å². The summed E-state index contributed by atoms with van der Waals surface area (Å²) >= 11 is 0. The van der Waals surface area contributed by atoms with Gasteiger partial charge in [0.05, 0.1) is 6.29 Å². The number of hydrogen-bond acceptors (Lipinski definition) is 3. The first-order valence-corrected chi connectivity index (χ1v) is 7.42. The third-order valence-corrected chi connectivity index (χ3v) is 3.07. The standard InChI is InChI=1S/C10H11O.C6H5O3P.Li/c1-7-4-8(2)10(6-11)9(3)5-7;7-10(8)9-6-4-2-1-3-5-6;/h4-5H,1-3H3;1-5H;/q-1;;+1/p+1. The van der Waals surface area contributed by atoms with Crippen LogP contribution in [0, 0.1) is 20.8 Å².